The topological polar surface area (TPSA) is 154 Å². The van der Waals surface area contributed by atoms with Gasteiger partial charge in [0.25, 0.3) is 0 Å². The number of carbonyl (C=O) groups excluding carboxylic acids is 2. The number of hydrogen-bond donors (Lipinski definition) is 5. The Kier molecular flexibility index (Phi) is 6.65. The monoisotopic (exact) mass is 396 g/mol. The Morgan fingerprint density at radius 3 is 2.46 bits per heavy atom. The van der Waals surface area contributed by atoms with Gasteiger partial charge in [0.15, 0.2) is 17.1 Å². The fourth-order valence-corrected chi connectivity index (χ4v) is 2.85. The van der Waals surface area contributed by atoms with Crippen LogP contribution in [0.25, 0.3) is 6.08 Å². The van der Waals surface area contributed by atoms with E-state index in [9.17, 15) is 35.1 Å². The molecule has 5 N–H and O–H groups in total. The van der Waals surface area contributed by atoms with Crippen LogP contribution < -0.4 is 0 Å². The minimum Gasteiger partial charge on any atom is -0.504 e. The number of carbonyl (C=O) groups is 2. The zero-order chi connectivity index (χ0) is 21.1. The van der Waals surface area contributed by atoms with Crippen LogP contribution in [0, 0.1) is 0 Å². The molecule has 4 atom stereocenters. The summed E-state index contributed by atoms with van der Waals surface area (Å²) < 4.78 is 10.1. The third-order valence-electron chi connectivity index (χ3n) is 4.26. The molecule has 1 aliphatic carbocycles. The summed E-state index contributed by atoms with van der Waals surface area (Å²) in [6, 6.07) is 3.90. The van der Waals surface area contributed by atoms with E-state index < -0.39 is 54.8 Å². The van der Waals surface area contributed by atoms with Gasteiger partial charge in [0.1, 0.15) is 12.2 Å². The molecule has 0 unspecified atom stereocenters. The van der Waals surface area contributed by atoms with Gasteiger partial charge in [-0.2, -0.15) is 0 Å². The molecule has 154 valence electrons. The quantitative estimate of drug-likeness (QED) is 0.267. The number of aliphatic hydroxyl groups is 3. The van der Waals surface area contributed by atoms with Crippen LogP contribution in [-0.4, -0.2) is 67.5 Å². The SMILES string of the molecule is CC(C)OC(=O)[C@]1(O)C[C@@H](O)[C@@H](O)[C@H](OC(=O)C=Cc2ccc(O)c(O)c2)C1. The molecule has 0 radical (unpaired) electrons. The smallest absolute Gasteiger partial charge is 0.338 e. The summed E-state index contributed by atoms with van der Waals surface area (Å²) in [5.74, 6) is -2.54. The van der Waals surface area contributed by atoms with Crippen LogP contribution in [0.2, 0.25) is 0 Å². The molecule has 1 aromatic carbocycles. The number of hydrogen-bond acceptors (Lipinski definition) is 9. The molecule has 0 spiro atoms. The summed E-state index contributed by atoms with van der Waals surface area (Å²) in [5, 5.41) is 49.2. The molecule has 0 aliphatic heterocycles. The number of aromatic hydroxyl groups is 2. The summed E-state index contributed by atoms with van der Waals surface area (Å²) in [6.45, 7) is 3.19. The highest BCUT2D eigenvalue weighted by molar-refractivity contribution is 5.87. The van der Waals surface area contributed by atoms with Gasteiger partial charge in [-0.3, -0.25) is 0 Å². The third-order valence-corrected chi connectivity index (χ3v) is 4.26. The maximum absolute atomic E-state index is 12.1. The number of benzene rings is 1. The highest BCUT2D eigenvalue weighted by Gasteiger charge is 2.51. The Bertz CT molecular complexity index is 758. The van der Waals surface area contributed by atoms with Crippen LogP contribution in [0.15, 0.2) is 24.3 Å². The second kappa shape index (κ2) is 8.59. The highest BCUT2D eigenvalue weighted by atomic mass is 16.6. The molecule has 1 aromatic rings. The first-order valence-corrected chi connectivity index (χ1v) is 8.72. The predicted octanol–water partition coefficient (Wildman–Crippen LogP) is 0.221. The molecule has 0 heterocycles. The van der Waals surface area contributed by atoms with Gasteiger partial charge >= 0.3 is 11.9 Å². The van der Waals surface area contributed by atoms with Gasteiger partial charge in [0, 0.05) is 18.9 Å². The number of ether oxygens (including phenoxy) is 2. The molecule has 1 fully saturated rings. The Morgan fingerprint density at radius 2 is 1.86 bits per heavy atom. The summed E-state index contributed by atoms with van der Waals surface area (Å²) in [5.41, 5.74) is -1.70. The first-order chi connectivity index (χ1) is 13.0. The van der Waals surface area contributed by atoms with Crippen LogP contribution >= 0.6 is 0 Å². The fraction of sp³-hybridized carbons (Fsp3) is 0.474. The molecule has 9 heteroatoms. The Morgan fingerprint density at radius 1 is 1.18 bits per heavy atom. The number of aliphatic hydroxyl groups excluding tert-OH is 2. The highest BCUT2D eigenvalue weighted by Crippen LogP contribution is 2.32. The number of phenolic OH excluding ortho intramolecular Hbond substituents is 2. The van der Waals surface area contributed by atoms with Gasteiger partial charge in [0.2, 0.25) is 0 Å². The van der Waals surface area contributed by atoms with Gasteiger partial charge in [-0.25, -0.2) is 9.59 Å². The van der Waals surface area contributed by atoms with Crippen molar-refractivity contribution in [3.63, 3.8) is 0 Å². The second-order valence-electron chi connectivity index (χ2n) is 7.01. The molecule has 0 aromatic heterocycles. The predicted molar refractivity (Wildman–Crippen MR) is 96.1 cm³/mol. The van der Waals surface area contributed by atoms with Crippen molar-refractivity contribution in [1.29, 1.82) is 0 Å². The number of phenols is 2. The molecule has 0 bridgehead atoms. The number of esters is 2. The Balaban J connectivity index is 2.07. The minimum atomic E-state index is -2.10. The van der Waals surface area contributed by atoms with E-state index in [1.54, 1.807) is 13.8 Å². The summed E-state index contributed by atoms with van der Waals surface area (Å²) in [4.78, 5) is 24.2. The van der Waals surface area contributed by atoms with Crippen molar-refractivity contribution >= 4 is 18.0 Å². The summed E-state index contributed by atoms with van der Waals surface area (Å²) in [7, 11) is 0. The van der Waals surface area contributed by atoms with E-state index in [-0.39, 0.29) is 11.5 Å². The fourth-order valence-electron chi connectivity index (χ4n) is 2.85. The third kappa shape index (κ3) is 5.22. The first kappa shape index (κ1) is 21.7. The lowest BCUT2D eigenvalue weighted by atomic mass is 9.79. The van der Waals surface area contributed by atoms with Crippen LogP contribution in [0.4, 0.5) is 0 Å². The zero-order valence-electron chi connectivity index (χ0n) is 15.5. The number of rotatable bonds is 5. The van der Waals surface area contributed by atoms with Crippen molar-refractivity contribution in [1.82, 2.24) is 0 Å². The van der Waals surface area contributed by atoms with Crippen LogP contribution in [-0.2, 0) is 19.1 Å². The van der Waals surface area contributed by atoms with Crippen molar-refractivity contribution in [2.75, 3.05) is 0 Å². The lowest BCUT2D eigenvalue weighted by molar-refractivity contribution is -0.202. The molecule has 0 amide bonds. The van der Waals surface area contributed by atoms with Gasteiger partial charge in [-0.1, -0.05) is 6.07 Å². The van der Waals surface area contributed by atoms with Crippen LogP contribution in [0.5, 0.6) is 11.5 Å². The van der Waals surface area contributed by atoms with Crippen molar-refractivity contribution in [2.45, 2.75) is 56.7 Å². The van der Waals surface area contributed by atoms with E-state index in [0.717, 1.165) is 6.08 Å². The van der Waals surface area contributed by atoms with Crippen molar-refractivity contribution in [2.24, 2.45) is 0 Å². The lowest BCUT2D eigenvalue weighted by Gasteiger charge is -2.40. The maximum Gasteiger partial charge on any atom is 0.338 e. The van der Waals surface area contributed by atoms with E-state index in [2.05, 4.69) is 0 Å². The molecular formula is C19H24O9. The molecule has 2 rings (SSSR count). The van der Waals surface area contributed by atoms with Crippen molar-refractivity contribution in [3.05, 3.63) is 29.8 Å². The zero-order valence-corrected chi connectivity index (χ0v) is 15.5. The van der Waals surface area contributed by atoms with Gasteiger partial charge in [0.05, 0.1) is 12.2 Å². The van der Waals surface area contributed by atoms with E-state index >= 15 is 0 Å². The molecule has 1 saturated carbocycles. The largest absolute Gasteiger partial charge is 0.504 e. The molecular weight excluding hydrogens is 372 g/mol. The van der Waals surface area contributed by atoms with Gasteiger partial charge in [-0.05, 0) is 37.6 Å². The van der Waals surface area contributed by atoms with E-state index in [4.69, 9.17) is 9.47 Å². The summed E-state index contributed by atoms with van der Waals surface area (Å²) >= 11 is 0. The van der Waals surface area contributed by atoms with Crippen molar-refractivity contribution in [3.8, 4) is 11.5 Å². The molecule has 1 aliphatic rings. The standard InChI is InChI=1S/C19H24O9/c1-10(2)27-18(25)19(26)8-14(22)17(24)15(9-19)28-16(23)6-4-11-3-5-12(20)13(21)7-11/h3-7,10,14-15,17,20-22,24,26H,8-9H2,1-2H3/t14-,15-,17-,19+/m1/s1. The minimum absolute atomic E-state index is 0.313. The molecule has 0 saturated heterocycles. The van der Waals surface area contributed by atoms with Crippen LogP contribution in [0.3, 0.4) is 0 Å². The normalized spacial score (nSPS) is 27.7. The van der Waals surface area contributed by atoms with Crippen molar-refractivity contribution < 1.29 is 44.6 Å². The van der Waals surface area contributed by atoms with E-state index in [0.29, 0.717) is 5.56 Å². The van der Waals surface area contributed by atoms with E-state index in [1.165, 1.54) is 24.3 Å². The van der Waals surface area contributed by atoms with E-state index in [1.807, 2.05) is 0 Å². The maximum atomic E-state index is 12.1. The molecule has 28 heavy (non-hydrogen) atoms. The average Bonchev–Trinajstić information content (AvgIpc) is 2.59. The summed E-state index contributed by atoms with van der Waals surface area (Å²) in [6.07, 6.45) is -3.38. The Labute approximate surface area is 161 Å². The second-order valence-corrected chi connectivity index (χ2v) is 7.01. The van der Waals surface area contributed by atoms with Crippen LogP contribution in [0.1, 0.15) is 32.3 Å². The first-order valence-electron chi connectivity index (χ1n) is 8.72. The lowest BCUT2D eigenvalue weighted by Crippen LogP contribution is -2.57. The Hall–Kier alpha value is -2.62. The average molecular weight is 396 g/mol. The van der Waals surface area contributed by atoms with Gasteiger partial charge < -0.3 is 35.0 Å². The van der Waals surface area contributed by atoms with Gasteiger partial charge in [-0.15, -0.1) is 0 Å². The molecule has 9 nitrogen and oxygen atoms in total.